The van der Waals surface area contributed by atoms with Crippen molar-refractivity contribution in [2.24, 2.45) is 7.05 Å². The molecule has 1 aromatic carbocycles. The Morgan fingerprint density at radius 2 is 1.90 bits per heavy atom. The van der Waals surface area contributed by atoms with Crippen molar-refractivity contribution < 1.29 is 0 Å². The Kier molecular flexibility index (Phi) is 3.81. The molecule has 0 bridgehead atoms. The molecular formula is C17H25N3. The Morgan fingerprint density at radius 3 is 2.60 bits per heavy atom. The topological polar surface area (TPSA) is 20.2 Å². The van der Waals surface area contributed by atoms with Gasteiger partial charge in [-0.25, -0.2) is 0 Å². The van der Waals surface area contributed by atoms with E-state index < -0.39 is 0 Å². The molecule has 1 N–H and O–H groups in total. The van der Waals surface area contributed by atoms with Crippen LogP contribution in [0.25, 0.3) is 10.9 Å². The molecule has 20 heavy (non-hydrogen) atoms. The number of nitrogens with zero attached hydrogens (tertiary/aromatic N) is 2. The Balaban J connectivity index is 1.95. The smallest absolute Gasteiger partial charge is 0.0484 e. The van der Waals surface area contributed by atoms with Crippen LogP contribution in [0.2, 0.25) is 0 Å². The minimum Gasteiger partial charge on any atom is -0.350 e. The van der Waals surface area contributed by atoms with Crippen molar-refractivity contribution in [3.63, 3.8) is 0 Å². The van der Waals surface area contributed by atoms with Gasteiger partial charge in [-0.3, -0.25) is 4.90 Å². The highest BCUT2D eigenvalue weighted by atomic mass is 15.1. The molecule has 0 saturated carbocycles. The molecule has 2 aromatic rings. The molecule has 0 atom stereocenters. The first kappa shape index (κ1) is 13.7. The van der Waals surface area contributed by atoms with Gasteiger partial charge in [0.2, 0.25) is 0 Å². The monoisotopic (exact) mass is 271 g/mol. The van der Waals surface area contributed by atoms with Gasteiger partial charge < -0.3 is 9.88 Å². The number of aromatic nitrogens is 1. The molecule has 0 amide bonds. The normalized spacial score (nSPS) is 15.2. The van der Waals surface area contributed by atoms with E-state index in [-0.39, 0.29) is 0 Å². The van der Waals surface area contributed by atoms with Gasteiger partial charge in [0.1, 0.15) is 0 Å². The van der Waals surface area contributed by atoms with Crippen LogP contribution in [0.4, 0.5) is 0 Å². The molecule has 3 nitrogen and oxygen atoms in total. The second kappa shape index (κ2) is 5.58. The van der Waals surface area contributed by atoms with Crippen LogP contribution in [0, 0.1) is 0 Å². The highest BCUT2D eigenvalue weighted by molar-refractivity contribution is 5.85. The van der Waals surface area contributed by atoms with Crippen molar-refractivity contribution in [2.75, 3.05) is 19.6 Å². The van der Waals surface area contributed by atoms with Gasteiger partial charge in [-0.05, 0) is 54.9 Å². The predicted octanol–water partition coefficient (Wildman–Crippen LogP) is 2.67. The number of hydrogen-bond donors (Lipinski definition) is 1. The predicted molar refractivity (Wildman–Crippen MR) is 85.0 cm³/mol. The second-order valence-electron chi connectivity index (χ2n) is 5.81. The summed E-state index contributed by atoms with van der Waals surface area (Å²) in [5.41, 5.74) is 5.89. The van der Waals surface area contributed by atoms with E-state index in [9.17, 15) is 0 Å². The van der Waals surface area contributed by atoms with Crippen molar-refractivity contribution in [1.29, 1.82) is 0 Å². The third-order valence-corrected chi connectivity index (χ3v) is 4.45. The second-order valence-corrected chi connectivity index (χ2v) is 5.81. The molecule has 1 aromatic heterocycles. The van der Waals surface area contributed by atoms with Crippen LogP contribution in [-0.2, 0) is 26.6 Å². The van der Waals surface area contributed by atoms with Crippen molar-refractivity contribution in [2.45, 2.75) is 33.4 Å². The van der Waals surface area contributed by atoms with Crippen LogP contribution in [0.5, 0.6) is 0 Å². The minimum absolute atomic E-state index is 1.05. The van der Waals surface area contributed by atoms with E-state index in [1.54, 1.807) is 0 Å². The highest BCUT2D eigenvalue weighted by Gasteiger charge is 2.19. The lowest BCUT2D eigenvalue weighted by molar-refractivity contribution is 0.301. The van der Waals surface area contributed by atoms with Crippen molar-refractivity contribution in [3.8, 4) is 0 Å². The SMILES string of the molecule is CCNCCc1cn(C)c2cc3c(cc12)CN(CC)C3. The van der Waals surface area contributed by atoms with Gasteiger partial charge in [-0.15, -0.1) is 0 Å². The quantitative estimate of drug-likeness (QED) is 0.844. The van der Waals surface area contributed by atoms with E-state index in [2.05, 4.69) is 54.0 Å². The van der Waals surface area contributed by atoms with E-state index in [0.717, 1.165) is 39.1 Å². The van der Waals surface area contributed by atoms with Crippen molar-refractivity contribution >= 4 is 10.9 Å². The molecule has 2 heterocycles. The Bertz CT molecular complexity index is 612. The van der Waals surface area contributed by atoms with Gasteiger partial charge in [0.05, 0.1) is 0 Å². The Hall–Kier alpha value is -1.32. The highest BCUT2D eigenvalue weighted by Crippen LogP contribution is 2.30. The number of fused-ring (bicyclic) bond motifs is 2. The first-order valence-corrected chi connectivity index (χ1v) is 7.75. The summed E-state index contributed by atoms with van der Waals surface area (Å²) in [6.07, 6.45) is 3.41. The number of rotatable bonds is 5. The fraction of sp³-hybridized carbons (Fsp3) is 0.529. The number of hydrogen-bond acceptors (Lipinski definition) is 2. The summed E-state index contributed by atoms with van der Waals surface area (Å²) in [6, 6.07) is 4.83. The maximum Gasteiger partial charge on any atom is 0.0484 e. The van der Waals surface area contributed by atoms with Crippen LogP contribution >= 0.6 is 0 Å². The molecular weight excluding hydrogens is 246 g/mol. The molecule has 0 fully saturated rings. The lowest BCUT2D eigenvalue weighted by Crippen LogP contribution is -2.15. The molecule has 1 aliphatic rings. The zero-order chi connectivity index (χ0) is 14.1. The van der Waals surface area contributed by atoms with Crippen LogP contribution < -0.4 is 5.32 Å². The van der Waals surface area contributed by atoms with Gasteiger partial charge in [0.15, 0.2) is 0 Å². The average molecular weight is 271 g/mol. The van der Waals surface area contributed by atoms with Crippen molar-refractivity contribution in [3.05, 3.63) is 35.0 Å². The molecule has 0 saturated heterocycles. The average Bonchev–Trinajstić information content (AvgIpc) is 2.98. The van der Waals surface area contributed by atoms with E-state index in [1.807, 2.05) is 0 Å². The number of nitrogens with one attached hydrogen (secondary N) is 1. The third-order valence-electron chi connectivity index (χ3n) is 4.45. The van der Waals surface area contributed by atoms with E-state index >= 15 is 0 Å². The molecule has 3 rings (SSSR count). The zero-order valence-corrected chi connectivity index (χ0v) is 12.9. The van der Waals surface area contributed by atoms with Gasteiger partial charge in [0, 0.05) is 37.2 Å². The van der Waals surface area contributed by atoms with Crippen molar-refractivity contribution in [1.82, 2.24) is 14.8 Å². The number of likely N-dealkylation sites (N-methyl/N-ethyl adjacent to an activating group) is 1. The summed E-state index contributed by atoms with van der Waals surface area (Å²) in [7, 11) is 2.16. The maximum absolute atomic E-state index is 3.42. The Labute approximate surface area is 121 Å². The summed E-state index contributed by atoms with van der Waals surface area (Å²) in [5, 5.41) is 4.87. The van der Waals surface area contributed by atoms with Gasteiger partial charge in [0.25, 0.3) is 0 Å². The third kappa shape index (κ3) is 2.36. The first-order valence-electron chi connectivity index (χ1n) is 7.75. The van der Waals surface area contributed by atoms with E-state index in [0.29, 0.717) is 0 Å². The molecule has 0 unspecified atom stereocenters. The number of benzene rings is 1. The fourth-order valence-electron chi connectivity index (χ4n) is 3.25. The zero-order valence-electron chi connectivity index (χ0n) is 12.9. The lowest BCUT2D eigenvalue weighted by atomic mass is 10.0. The lowest BCUT2D eigenvalue weighted by Gasteiger charge is -2.09. The van der Waals surface area contributed by atoms with E-state index in [1.165, 1.54) is 27.6 Å². The molecule has 0 radical (unpaired) electrons. The standard InChI is InChI=1S/C17H25N3/c1-4-18-7-6-13-10-19(3)17-9-15-12-20(5-2)11-14(15)8-16(13)17/h8-10,18H,4-7,11-12H2,1-3H3. The first-order chi connectivity index (χ1) is 9.72. The largest absolute Gasteiger partial charge is 0.350 e. The van der Waals surface area contributed by atoms with Crippen LogP contribution in [-0.4, -0.2) is 29.1 Å². The summed E-state index contributed by atoms with van der Waals surface area (Å²) < 4.78 is 2.28. The maximum atomic E-state index is 3.42. The van der Waals surface area contributed by atoms with Gasteiger partial charge >= 0.3 is 0 Å². The molecule has 0 spiro atoms. The summed E-state index contributed by atoms with van der Waals surface area (Å²) >= 11 is 0. The summed E-state index contributed by atoms with van der Waals surface area (Å²) in [5.74, 6) is 0. The van der Waals surface area contributed by atoms with Gasteiger partial charge in [-0.2, -0.15) is 0 Å². The summed E-state index contributed by atoms with van der Waals surface area (Å²) in [6.45, 7) is 9.88. The summed E-state index contributed by atoms with van der Waals surface area (Å²) in [4.78, 5) is 2.50. The fourth-order valence-corrected chi connectivity index (χ4v) is 3.25. The van der Waals surface area contributed by atoms with Crippen LogP contribution in [0.1, 0.15) is 30.5 Å². The van der Waals surface area contributed by atoms with E-state index in [4.69, 9.17) is 0 Å². The van der Waals surface area contributed by atoms with Crippen LogP contribution in [0.3, 0.4) is 0 Å². The van der Waals surface area contributed by atoms with Gasteiger partial charge in [-0.1, -0.05) is 13.8 Å². The molecule has 1 aliphatic heterocycles. The molecule has 0 aliphatic carbocycles. The molecule has 3 heteroatoms. The number of aryl methyl sites for hydroxylation is 1. The minimum atomic E-state index is 1.05. The molecule has 108 valence electrons. The Morgan fingerprint density at radius 1 is 1.15 bits per heavy atom. The van der Waals surface area contributed by atoms with Crippen LogP contribution in [0.15, 0.2) is 18.3 Å².